The molecule has 1 aromatic rings. The average molecular weight is 396 g/mol. The maximum absolute atomic E-state index is 12.5. The minimum Gasteiger partial charge on any atom is -0.350 e. The van der Waals surface area contributed by atoms with Gasteiger partial charge in [0.2, 0.25) is 0 Å². The van der Waals surface area contributed by atoms with E-state index in [-0.39, 0.29) is 17.7 Å². The quantitative estimate of drug-likeness (QED) is 0.800. The second kappa shape index (κ2) is 7.60. The first-order valence-electron chi connectivity index (χ1n) is 8.98. The Bertz CT molecular complexity index is 834. The zero-order valence-corrected chi connectivity index (χ0v) is 17.0. The van der Waals surface area contributed by atoms with Crippen LogP contribution in [0.5, 0.6) is 0 Å². The number of benzene rings is 1. The van der Waals surface area contributed by atoms with Crippen LogP contribution in [0.15, 0.2) is 27.5 Å². The lowest BCUT2D eigenvalue weighted by Gasteiger charge is -2.22. The number of carbonyl (C=O) groups is 1. The van der Waals surface area contributed by atoms with Gasteiger partial charge in [-0.25, -0.2) is 8.42 Å². The van der Waals surface area contributed by atoms with E-state index in [1.54, 1.807) is 6.07 Å². The number of fused-ring (bicyclic) bond motifs is 3. The number of carbonyl (C=O) groups excluding carboxylic acids is 1. The molecule has 0 saturated carbocycles. The van der Waals surface area contributed by atoms with Crippen LogP contribution in [-0.2, 0) is 10.0 Å². The number of nitrogens with one attached hydrogen (secondary N) is 1. The number of rotatable bonds is 6. The third-order valence-electron chi connectivity index (χ3n) is 4.53. The molecule has 0 radical (unpaired) electrons. The van der Waals surface area contributed by atoms with Crippen molar-refractivity contribution in [3.05, 3.63) is 23.8 Å². The largest absolute Gasteiger partial charge is 0.350 e. The molecule has 0 aliphatic carbocycles. The van der Waals surface area contributed by atoms with Crippen LogP contribution in [0.4, 0.5) is 5.69 Å². The maximum atomic E-state index is 12.5. The van der Waals surface area contributed by atoms with Crippen LogP contribution in [0, 0.1) is 5.92 Å². The zero-order valence-electron chi connectivity index (χ0n) is 15.4. The Morgan fingerprint density at radius 2 is 2.08 bits per heavy atom. The van der Waals surface area contributed by atoms with Gasteiger partial charge in [-0.3, -0.25) is 4.79 Å². The summed E-state index contributed by atoms with van der Waals surface area (Å²) in [6.45, 7) is 6.84. The smallest absolute Gasteiger partial charge is 0.257 e. The molecule has 2 aliphatic heterocycles. The van der Waals surface area contributed by atoms with Crippen LogP contribution >= 0.6 is 11.8 Å². The zero-order chi connectivity index (χ0) is 18.9. The van der Waals surface area contributed by atoms with E-state index in [0.717, 1.165) is 29.8 Å². The lowest BCUT2D eigenvalue weighted by molar-refractivity contribution is 0.0937. The van der Waals surface area contributed by atoms with E-state index in [9.17, 15) is 13.2 Å². The highest BCUT2D eigenvalue weighted by atomic mass is 32.2. The van der Waals surface area contributed by atoms with Gasteiger partial charge < -0.3 is 10.2 Å². The molecule has 2 heterocycles. The minimum atomic E-state index is -3.37. The molecule has 0 spiro atoms. The van der Waals surface area contributed by atoms with Crippen LogP contribution in [0.1, 0.15) is 50.4 Å². The van der Waals surface area contributed by atoms with E-state index in [2.05, 4.69) is 23.6 Å². The molecule has 1 aromatic carbocycles. The van der Waals surface area contributed by atoms with Gasteiger partial charge in [0.15, 0.2) is 5.17 Å². The summed E-state index contributed by atoms with van der Waals surface area (Å²) in [4.78, 5) is 15.3. The predicted molar refractivity (Wildman–Crippen MR) is 106 cm³/mol. The van der Waals surface area contributed by atoms with Crippen molar-refractivity contribution in [2.45, 2.75) is 51.0 Å². The van der Waals surface area contributed by atoms with Crippen LogP contribution in [0.3, 0.4) is 0 Å². The monoisotopic (exact) mass is 395 g/mol. The van der Waals surface area contributed by atoms with Crippen molar-refractivity contribution in [3.63, 3.8) is 0 Å². The molecule has 142 valence electrons. The van der Waals surface area contributed by atoms with Crippen molar-refractivity contribution >= 4 is 38.5 Å². The Labute approximate surface area is 159 Å². The van der Waals surface area contributed by atoms with Crippen molar-refractivity contribution in [1.82, 2.24) is 5.32 Å². The van der Waals surface area contributed by atoms with Gasteiger partial charge in [-0.05, 0) is 49.2 Å². The van der Waals surface area contributed by atoms with Crippen LogP contribution in [-0.4, -0.2) is 37.8 Å². The average Bonchev–Trinajstić information content (AvgIpc) is 2.89. The van der Waals surface area contributed by atoms with Crippen LogP contribution in [0.25, 0.3) is 0 Å². The van der Waals surface area contributed by atoms with Gasteiger partial charge in [0.1, 0.15) is 0 Å². The van der Waals surface area contributed by atoms with Crippen molar-refractivity contribution in [1.29, 1.82) is 0 Å². The number of amides is 1. The lowest BCUT2D eigenvalue weighted by atomic mass is 10.0. The number of anilines is 1. The second-order valence-electron chi connectivity index (χ2n) is 7.30. The molecular weight excluding hydrogens is 370 g/mol. The Hall–Kier alpha value is -1.54. The number of hydrogen-bond donors (Lipinski definition) is 1. The van der Waals surface area contributed by atoms with Crippen molar-refractivity contribution in [3.8, 4) is 0 Å². The minimum absolute atomic E-state index is 0.0205. The van der Waals surface area contributed by atoms with E-state index in [1.165, 1.54) is 11.8 Å². The van der Waals surface area contributed by atoms with Gasteiger partial charge in [0.05, 0.1) is 11.4 Å². The predicted octanol–water partition coefficient (Wildman–Crippen LogP) is 3.24. The summed E-state index contributed by atoms with van der Waals surface area (Å²) >= 11 is 1.31. The van der Waals surface area contributed by atoms with Gasteiger partial charge >= 0.3 is 0 Å². The summed E-state index contributed by atoms with van der Waals surface area (Å²) in [5.74, 6) is 0.605. The molecule has 26 heavy (non-hydrogen) atoms. The van der Waals surface area contributed by atoms with Gasteiger partial charge in [-0.15, -0.1) is 4.40 Å². The molecule has 0 saturated heterocycles. The van der Waals surface area contributed by atoms with E-state index < -0.39 is 10.0 Å². The highest BCUT2D eigenvalue weighted by Gasteiger charge is 2.33. The van der Waals surface area contributed by atoms with Crippen LogP contribution < -0.4 is 10.2 Å². The molecule has 0 unspecified atom stereocenters. The Kier molecular flexibility index (Phi) is 5.62. The topological polar surface area (TPSA) is 78.8 Å². The molecular formula is C18H25N3O3S2. The molecule has 8 heteroatoms. The molecule has 1 atom stereocenters. The fourth-order valence-electron chi connectivity index (χ4n) is 3.08. The van der Waals surface area contributed by atoms with E-state index >= 15 is 0 Å². The second-order valence-corrected chi connectivity index (χ2v) is 10.1. The molecule has 1 amide bonds. The third kappa shape index (κ3) is 4.40. The molecule has 6 nitrogen and oxygen atoms in total. The highest BCUT2D eigenvalue weighted by molar-refractivity contribution is 8.15. The first-order valence-corrected chi connectivity index (χ1v) is 11.4. The first kappa shape index (κ1) is 19.2. The van der Waals surface area contributed by atoms with Gasteiger partial charge in [0, 0.05) is 23.0 Å². The summed E-state index contributed by atoms with van der Waals surface area (Å²) in [5.41, 5.74) is 1.51. The Morgan fingerprint density at radius 1 is 1.31 bits per heavy atom. The summed E-state index contributed by atoms with van der Waals surface area (Å²) in [7, 11) is -3.37. The van der Waals surface area contributed by atoms with E-state index in [4.69, 9.17) is 0 Å². The fourth-order valence-corrected chi connectivity index (χ4v) is 5.38. The Morgan fingerprint density at radius 3 is 2.81 bits per heavy atom. The summed E-state index contributed by atoms with van der Waals surface area (Å²) in [6, 6.07) is 5.62. The number of hydrogen-bond acceptors (Lipinski definition) is 5. The van der Waals surface area contributed by atoms with Gasteiger partial charge in [0.25, 0.3) is 15.9 Å². The van der Waals surface area contributed by atoms with Gasteiger partial charge in [-0.1, -0.05) is 26.7 Å². The van der Waals surface area contributed by atoms with Gasteiger partial charge in [-0.2, -0.15) is 0 Å². The standard InChI is InChI=1S/C18H25N3O3S2/c1-12(2)5-4-6-13(3)19-17(22)14-7-8-15-16(11-14)25-18-20-26(23,24)10-9-21(15)18/h7-8,11-13H,4-6,9-10H2,1-3H3,(H,19,22)/t13-/m1/s1. The SMILES string of the molecule is CC(C)CCC[C@@H](C)NC(=O)c1ccc2c(c1)SC1=NS(=O)(=O)CCN12. The van der Waals surface area contributed by atoms with Crippen molar-refractivity contribution in [2.24, 2.45) is 10.3 Å². The first-order chi connectivity index (χ1) is 12.2. The molecule has 0 fully saturated rings. The number of sulfonamides is 1. The van der Waals surface area contributed by atoms with Crippen molar-refractivity contribution in [2.75, 3.05) is 17.2 Å². The number of thioether (sulfide) groups is 1. The van der Waals surface area contributed by atoms with E-state index in [0.29, 0.717) is 23.2 Å². The highest BCUT2D eigenvalue weighted by Crippen LogP contribution is 2.42. The van der Waals surface area contributed by atoms with Crippen LogP contribution in [0.2, 0.25) is 0 Å². The molecule has 0 bridgehead atoms. The fraction of sp³-hybridized carbons (Fsp3) is 0.556. The summed E-state index contributed by atoms with van der Waals surface area (Å²) < 4.78 is 27.2. The number of nitrogens with zero attached hydrogens (tertiary/aromatic N) is 2. The maximum Gasteiger partial charge on any atom is 0.257 e. The molecule has 2 aliphatic rings. The van der Waals surface area contributed by atoms with Crippen molar-refractivity contribution < 1.29 is 13.2 Å². The van der Waals surface area contributed by atoms with E-state index in [1.807, 2.05) is 24.0 Å². The third-order valence-corrected chi connectivity index (χ3v) is 6.84. The molecule has 3 rings (SSSR count). The molecule has 0 aromatic heterocycles. The number of amidine groups is 1. The normalized spacial score (nSPS) is 18.9. The Balaban J connectivity index is 1.66. The summed E-state index contributed by atoms with van der Waals surface area (Å²) in [6.07, 6.45) is 3.23. The lowest BCUT2D eigenvalue weighted by Crippen LogP contribution is -2.35. The molecule has 1 N–H and O–H groups in total. The summed E-state index contributed by atoms with van der Waals surface area (Å²) in [5, 5.41) is 3.53.